The van der Waals surface area contributed by atoms with Crippen molar-refractivity contribution in [2.24, 2.45) is 0 Å². The first kappa shape index (κ1) is 20.9. The van der Waals surface area contributed by atoms with E-state index < -0.39 is 7.60 Å². The van der Waals surface area contributed by atoms with Gasteiger partial charge < -0.3 is 9.05 Å². The first-order valence-corrected chi connectivity index (χ1v) is 11.4. The Morgan fingerprint density at radius 3 is 1.62 bits per heavy atom. The van der Waals surface area contributed by atoms with Crippen LogP contribution in [0.2, 0.25) is 0 Å². The Balaban J connectivity index is 1.71. The molecule has 26 heavy (non-hydrogen) atoms. The standard InChI is InChI=1S/C22H31O3P/c1-2-3-20-26(23,24-18-10-16-21-12-6-4-7-13-21)25-19-11-17-22-14-8-5-9-15-22/h4-9,12-15H,2-3,10-11,16-20H2,1H3. The lowest BCUT2D eigenvalue weighted by Gasteiger charge is -2.18. The molecule has 0 atom stereocenters. The zero-order chi connectivity index (χ0) is 18.5. The second-order valence-corrected chi connectivity index (χ2v) is 8.72. The van der Waals surface area contributed by atoms with Gasteiger partial charge in [-0.25, -0.2) is 0 Å². The molecule has 0 N–H and O–H groups in total. The Labute approximate surface area is 158 Å². The van der Waals surface area contributed by atoms with E-state index in [1.807, 2.05) is 36.4 Å². The van der Waals surface area contributed by atoms with Crippen molar-refractivity contribution in [3.8, 4) is 0 Å². The number of rotatable bonds is 13. The van der Waals surface area contributed by atoms with E-state index in [1.54, 1.807) is 0 Å². The molecule has 0 aliphatic heterocycles. The smallest absolute Gasteiger partial charge is 0.309 e. The quantitative estimate of drug-likeness (QED) is 0.306. The molecule has 0 aliphatic carbocycles. The predicted molar refractivity (Wildman–Crippen MR) is 109 cm³/mol. The van der Waals surface area contributed by atoms with Crippen molar-refractivity contribution in [3.63, 3.8) is 0 Å². The van der Waals surface area contributed by atoms with Crippen molar-refractivity contribution in [2.45, 2.75) is 45.4 Å². The van der Waals surface area contributed by atoms with Gasteiger partial charge in [0.05, 0.1) is 19.4 Å². The third-order valence-electron chi connectivity index (χ3n) is 4.27. The van der Waals surface area contributed by atoms with Crippen LogP contribution in [-0.2, 0) is 26.5 Å². The van der Waals surface area contributed by atoms with Gasteiger partial charge in [-0.05, 0) is 43.2 Å². The van der Waals surface area contributed by atoms with Crippen molar-refractivity contribution < 1.29 is 13.6 Å². The van der Waals surface area contributed by atoms with Crippen molar-refractivity contribution in [3.05, 3.63) is 71.8 Å². The maximum absolute atomic E-state index is 13.0. The van der Waals surface area contributed by atoms with E-state index in [4.69, 9.17) is 9.05 Å². The SMILES string of the molecule is CCCCP(=O)(OCCCc1ccccc1)OCCCc1ccccc1. The first-order chi connectivity index (χ1) is 12.7. The molecule has 0 aliphatic rings. The Morgan fingerprint density at radius 2 is 1.19 bits per heavy atom. The topological polar surface area (TPSA) is 35.5 Å². The molecule has 0 spiro atoms. The number of unbranched alkanes of at least 4 members (excludes halogenated alkanes) is 1. The number of hydrogen-bond acceptors (Lipinski definition) is 3. The minimum atomic E-state index is -2.98. The average molecular weight is 374 g/mol. The van der Waals surface area contributed by atoms with Crippen molar-refractivity contribution in [1.82, 2.24) is 0 Å². The molecule has 0 unspecified atom stereocenters. The Bertz CT molecular complexity index is 591. The minimum Gasteiger partial charge on any atom is -0.309 e. The van der Waals surface area contributed by atoms with Crippen LogP contribution in [0.4, 0.5) is 0 Å². The summed E-state index contributed by atoms with van der Waals surface area (Å²) in [5.41, 5.74) is 2.56. The fraction of sp³-hybridized carbons (Fsp3) is 0.455. The number of aryl methyl sites for hydroxylation is 2. The van der Waals surface area contributed by atoms with Crippen molar-refractivity contribution in [1.29, 1.82) is 0 Å². The number of hydrogen-bond donors (Lipinski definition) is 0. The van der Waals surface area contributed by atoms with Crippen LogP contribution < -0.4 is 0 Å². The molecule has 0 radical (unpaired) electrons. The normalized spacial score (nSPS) is 11.6. The van der Waals surface area contributed by atoms with Crippen molar-refractivity contribution in [2.75, 3.05) is 19.4 Å². The number of benzene rings is 2. The summed E-state index contributed by atoms with van der Waals surface area (Å²) >= 11 is 0. The molecular formula is C22H31O3P. The van der Waals surface area contributed by atoms with Gasteiger partial charge in [0.1, 0.15) is 0 Å². The zero-order valence-corrected chi connectivity index (χ0v) is 16.7. The summed E-state index contributed by atoms with van der Waals surface area (Å²) in [6.07, 6.45) is 5.95. The highest BCUT2D eigenvalue weighted by Gasteiger charge is 2.23. The molecule has 0 fully saturated rings. The molecule has 3 nitrogen and oxygen atoms in total. The highest BCUT2D eigenvalue weighted by atomic mass is 31.2. The van der Waals surface area contributed by atoms with Crippen LogP contribution in [0.5, 0.6) is 0 Å². The second-order valence-electron chi connectivity index (χ2n) is 6.53. The van der Waals surface area contributed by atoms with Crippen LogP contribution in [0.1, 0.15) is 43.7 Å². The van der Waals surface area contributed by atoms with Crippen LogP contribution in [0.25, 0.3) is 0 Å². The van der Waals surface area contributed by atoms with Crippen molar-refractivity contribution >= 4 is 7.60 Å². The van der Waals surface area contributed by atoms with Gasteiger partial charge in [0.25, 0.3) is 0 Å². The molecule has 0 saturated heterocycles. The van der Waals surface area contributed by atoms with E-state index in [-0.39, 0.29) is 0 Å². The highest BCUT2D eigenvalue weighted by molar-refractivity contribution is 7.53. The fourth-order valence-electron chi connectivity index (χ4n) is 2.77. The molecule has 2 aromatic carbocycles. The van der Waals surface area contributed by atoms with Gasteiger partial charge in [0.15, 0.2) is 0 Å². The third kappa shape index (κ3) is 8.31. The van der Waals surface area contributed by atoms with Gasteiger partial charge in [-0.2, -0.15) is 0 Å². The van der Waals surface area contributed by atoms with E-state index >= 15 is 0 Å². The van der Waals surface area contributed by atoms with Gasteiger partial charge in [-0.15, -0.1) is 0 Å². The molecule has 142 valence electrons. The maximum atomic E-state index is 13.0. The summed E-state index contributed by atoms with van der Waals surface area (Å²) in [5, 5.41) is 0. The molecule has 0 aromatic heterocycles. The van der Waals surface area contributed by atoms with Gasteiger partial charge in [-0.1, -0.05) is 74.0 Å². The van der Waals surface area contributed by atoms with Gasteiger partial charge in [-0.3, -0.25) is 4.57 Å². The molecule has 0 heterocycles. The van der Waals surface area contributed by atoms with E-state index in [0.717, 1.165) is 38.5 Å². The molecule has 0 amide bonds. The summed E-state index contributed by atoms with van der Waals surface area (Å²) in [6, 6.07) is 20.6. The Morgan fingerprint density at radius 1 is 0.731 bits per heavy atom. The van der Waals surface area contributed by atoms with Crippen LogP contribution >= 0.6 is 7.60 Å². The van der Waals surface area contributed by atoms with Crippen LogP contribution in [0, 0.1) is 0 Å². The van der Waals surface area contributed by atoms with Crippen LogP contribution in [-0.4, -0.2) is 19.4 Å². The largest absolute Gasteiger partial charge is 0.330 e. The molecule has 2 rings (SSSR count). The zero-order valence-electron chi connectivity index (χ0n) is 15.8. The lowest BCUT2D eigenvalue weighted by atomic mass is 10.1. The lowest BCUT2D eigenvalue weighted by molar-refractivity contribution is 0.200. The summed E-state index contributed by atoms with van der Waals surface area (Å²) in [7, 11) is -2.98. The first-order valence-electron chi connectivity index (χ1n) is 9.68. The average Bonchev–Trinajstić information content (AvgIpc) is 2.69. The summed E-state index contributed by atoms with van der Waals surface area (Å²) in [6.45, 7) is 3.05. The lowest BCUT2D eigenvalue weighted by Crippen LogP contribution is -2.04. The molecule has 2 aromatic rings. The van der Waals surface area contributed by atoms with Gasteiger partial charge in [0.2, 0.25) is 0 Å². The highest BCUT2D eigenvalue weighted by Crippen LogP contribution is 2.49. The van der Waals surface area contributed by atoms with Crippen LogP contribution in [0.15, 0.2) is 60.7 Å². The van der Waals surface area contributed by atoms with Gasteiger partial charge >= 0.3 is 7.60 Å². The van der Waals surface area contributed by atoms with Crippen LogP contribution in [0.3, 0.4) is 0 Å². The predicted octanol–water partition coefficient (Wildman–Crippen LogP) is 6.28. The maximum Gasteiger partial charge on any atom is 0.330 e. The Kier molecular flexibility index (Phi) is 9.70. The van der Waals surface area contributed by atoms with E-state index in [1.165, 1.54) is 11.1 Å². The molecular weight excluding hydrogens is 343 g/mol. The summed E-state index contributed by atoms with van der Waals surface area (Å²) in [5.74, 6) is 0. The summed E-state index contributed by atoms with van der Waals surface area (Å²) < 4.78 is 24.4. The molecule has 0 saturated carbocycles. The summed E-state index contributed by atoms with van der Waals surface area (Å²) in [4.78, 5) is 0. The molecule has 0 bridgehead atoms. The monoisotopic (exact) mass is 374 g/mol. The van der Waals surface area contributed by atoms with Gasteiger partial charge in [0, 0.05) is 0 Å². The minimum absolute atomic E-state index is 0.481. The molecule has 4 heteroatoms. The Hall–Kier alpha value is -1.41. The second kappa shape index (κ2) is 12.1. The fourth-order valence-corrected chi connectivity index (χ4v) is 4.62. The third-order valence-corrected chi connectivity index (χ3v) is 6.28. The van der Waals surface area contributed by atoms with E-state index in [0.29, 0.717) is 19.4 Å². The van der Waals surface area contributed by atoms with E-state index in [9.17, 15) is 4.57 Å². The van der Waals surface area contributed by atoms with E-state index in [2.05, 4.69) is 31.2 Å².